The van der Waals surface area contributed by atoms with Crippen molar-refractivity contribution in [3.8, 4) is 0 Å². The molecule has 1 heterocycles. The fourth-order valence-electron chi connectivity index (χ4n) is 1.57. The summed E-state index contributed by atoms with van der Waals surface area (Å²) < 4.78 is 0.839. The summed E-state index contributed by atoms with van der Waals surface area (Å²) in [6.07, 6.45) is 2.08. The second-order valence-corrected chi connectivity index (χ2v) is 6.20. The number of halogens is 1. The summed E-state index contributed by atoms with van der Waals surface area (Å²) in [6, 6.07) is 10.8. The van der Waals surface area contributed by atoms with Crippen molar-refractivity contribution in [3.05, 3.63) is 45.6 Å². The van der Waals surface area contributed by atoms with Crippen LogP contribution in [0.15, 0.2) is 40.6 Å². The lowest BCUT2D eigenvalue weighted by Crippen LogP contribution is -2.05. The fraction of sp³-hybridized carbons (Fsp3) is 0.231. The molecule has 0 amide bonds. The van der Waals surface area contributed by atoms with E-state index in [0.29, 0.717) is 0 Å². The second kappa shape index (κ2) is 5.80. The van der Waals surface area contributed by atoms with Gasteiger partial charge in [-0.2, -0.15) is 0 Å². The van der Waals surface area contributed by atoms with Crippen LogP contribution in [0.2, 0.25) is 4.34 Å². The Kier molecular flexibility index (Phi) is 4.37. The minimum atomic E-state index is 0.277. The van der Waals surface area contributed by atoms with Crippen molar-refractivity contribution in [2.24, 2.45) is 0 Å². The summed E-state index contributed by atoms with van der Waals surface area (Å²) in [5, 5.41) is 5.56. The Morgan fingerprint density at radius 3 is 2.53 bits per heavy atom. The highest BCUT2D eigenvalue weighted by Crippen LogP contribution is 2.27. The molecule has 0 saturated heterocycles. The minimum Gasteiger partial charge on any atom is -0.378 e. The van der Waals surface area contributed by atoms with Gasteiger partial charge in [0, 0.05) is 16.6 Å². The molecule has 1 N–H and O–H groups in total. The van der Waals surface area contributed by atoms with Gasteiger partial charge in [-0.3, -0.25) is 0 Å². The minimum absolute atomic E-state index is 0.277. The Hall–Kier alpha value is -0.640. The van der Waals surface area contributed by atoms with Gasteiger partial charge in [0.15, 0.2) is 0 Å². The molecule has 4 heteroatoms. The third-order valence-corrected chi connectivity index (χ3v) is 4.41. The molecule has 0 radical (unpaired) electrons. The molecule has 1 atom stereocenters. The zero-order valence-electron chi connectivity index (χ0n) is 9.74. The van der Waals surface area contributed by atoms with E-state index >= 15 is 0 Å². The molecule has 2 aromatic rings. The summed E-state index contributed by atoms with van der Waals surface area (Å²) in [7, 11) is 0. The topological polar surface area (TPSA) is 12.0 Å². The summed E-state index contributed by atoms with van der Waals surface area (Å²) in [6.45, 7) is 2.14. The summed E-state index contributed by atoms with van der Waals surface area (Å²) in [5.74, 6) is 0. The van der Waals surface area contributed by atoms with Crippen LogP contribution in [-0.4, -0.2) is 6.26 Å². The first kappa shape index (κ1) is 12.8. The van der Waals surface area contributed by atoms with E-state index < -0.39 is 0 Å². The highest BCUT2D eigenvalue weighted by molar-refractivity contribution is 7.98. The van der Waals surface area contributed by atoms with Gasteiger partial charge in [-0.25, -0.2) is 0 Å². The van der Waals surface area contributed by atoms with Gasteiger partial charge in [0.05, 0.1) is 4.34 Å². The highest BCUT2D eigenvalue weighted by Gasteiger charge is 2.07. The lowest BCUT2D eigenvalue weighted by molar-refractivity contribution is 0.890. The van der Waals surface area contributed by atoms with Crippen molar-refractivity contribution in [2.75, 3.05) is 11.6 Å². The molecular weight excluding hydrogens is 270 g/mol. The van der Waals surface area contributed by atoms with E-state index in [1.54, 1.807) is 23.1 Å². The highest BCUT2D eigenvalue weighted by atomic mass is 35.5. The zero-order valence-corrected chi connectivity index (χ0v) is 12.1. The van der Waals surface area contributed by atoms with Crippen molar-refractivity contribution in [1.82, 2.24) is 0 Å². The normalized spacial score (nSPS) is 12.4. The van der Waals surface area contributed by atoms with Crippen LogP contribution >= 0.6 is 34.7 Å². The van der Waals surface area contributed by atoms with Gasteiger partial charge in [0.1, 0.15) is 0 Å². The Morgan fingerprint density at radius 2 is 2.00 bits per heavy atom. The Balaban J connectivity index is 2.04. The standard InChI is InChI=1S/C13H14ClNS2/c1-9(10-7-13(14)17-8-10)15-11-3-5-12(16-2)6-4-11/h3-9,15H,1-2H3. The van der Waals surface area contributed by atoms with Gasteiger partial charge >= 0.3 is 0 Å². The Morgan fingerprint density at radius 1 is 1.29 bits per heavy atom. The lowest BCUT2D eigenvalue weighted by Gasteiger charge is -2.14. The monoisotopic (exact) mass is 283 g/mol. The van der Waals surface area contributed by atoms with Crippen molar-refractivity contribution >= 4 is 40.4 Å². The maximum atomic E-state index is 5.94. The SMILES string of the molecule is CSc1ccc(NC(C)c2csc(Cl)c2)cc1. The molecule has 0 saturated carbocycles. The molecule has 1 nitrogen and oxygen atoms in total. The largest absolute Gasteiger partial charge is 0.378 e. The maximum Gasteiger partial charge on any atom is 0.0931 e. The number of hydrogen-bond donors (Lipinski definition) is 1. The van der Waals surface area contributed by atoms with Crippen molar-refractivity contribution < 1.29 is 0 Å². The smallest absolute Gasteiger partial charge is 0.0931 e. The molecule has 0 aliphatic rings. The summed E-state index contributed by atoms with van der Waals surface area (Å²) in [4.78, 5) is 1.28. The van der Waals surface area contributed by atoms with Gasteiger partial charge in [0.2, 0.25) is 0 Å². The average molecular weight is 284 g/mol. The molecule has 0 aliphatic heterocycles. The molecule has 0 fully saturated rings. The van der Waals surface area contributed by atoms with Crippen LogP contribution in [0.3, 0.4) is 0 Å². The molecule has 0 aliphatic carbocycles. The van der Waals surface area contributed by atoms with Gasteiger partial charge in [-0.05, 0) is 54.5 Å². The Bertz CT molecular complexity index is 478. The molecule has 0 spiro atoms. The molecule has 1 unspecified atom stereocenters. The first-order chi connectivity index (χ1) is 8.19. The van der Waals surface area contributed by atoms with Crippen LogP contribution in [-0.2, 0) is 0 Å². The van der Waals surface area contributed by atoms with Crippen molar-refractivity contribution in [1.29, 1.82) is 0 Å². The van der Waals surface area contributed by atoms with E-state index in [4.69, 9.17) is 11.6 Å². The maximum absolute atomic E-state index is 5.94. The molecular formula is C13H14ClNS2. The number of nitrogens with one attached hydrogen (secondary N) is 1. The number of hydrogen-bond acceptors (Lipinski definition) is 3. The van der Waals surface area contributed by atoms with Gasteiger partial charge < -0.3 is 5.32 Å². The quantitative estimate of drug-likeness (QED) is 0.765. The van der Waals surface area contributed by atoms with Crippen LogP contribution in [0, 0.1) is 0 Å². The van der Waals surface area contributed by atoms with Crippen LogP contribution < -0.4 is 5.32 Å². The van der Waals surface area contributed by atoms with E-state index in [0.717, 1.165) is 10.0 Å². The van der Waals surface area contributed by atoms with E-state index in [-0.39, 0.29) is 6.04 Å². The first-order valence-electron chi connectivity index (χ1n) is 5.33. The molecule has 17 heavy (non-hydrogen) atoms. The Labute approximate surface area is 115 Å². The third kappa shape index (κ3) is 3.41. The summed E-state index contributed by atoms with van der Waals surface area (Å²) in [5.41, 5.74) is 2.37. The van der Waals surface area contributed by atoms with Gasteiger partial charge in [0.25, 0.3) is 0 Å². The van der Waals surface area contributed by atoms with Crippen LogP contribution in [0.1, 0.15) is 18.5 Å². The van der Waals surface area contributed by atoms with E-state index in [2.05, 4.69) is 48.1 Å². The van der Waals surface area contributed by atoms with Crippen molar-refractivity contribution in [2.45, 2.75) is 17.9 Å². The van der Waals surface area contributed by atoms with Crippen LogP contribution in [0.4, 0.5) is 5.69 Å². The number of thiophene rings is 1. The number of anilines is 1. The third-order valence-electron chi connectivity index (χ3n) is 2.56. The van der Waals surface area contributed by atoms with Gasteiger partial charge in [-0.1, -0.05) is 11.6 Å². The zero-order chi connectivity index (χ0) is 12.3. The van der Waals surface area contributed by atoms with Gasteiger partial charge in [-0.15, -0.1) is 23.1 Å². The van der Waals surface area contributed by atoms with E-state index in [1.807, 2.05) is 6.07 Å². The average Bonchev–Trinajstić information content (AvgIpc) is 2.77. The van der Waals surface area contributed by atoms with Crippen LogP contribution in [0.5, 0.6) is 0 Å². The number of benzene rings is 1. The first-order valence-corrected chi connectivity index (χ1v) is 7.82. The molecule has 2 rings (SSSR count). The molecule has 1 aromatic carbocycles. The predicted molar refractivity (Wildman–Crippen MR) is 79.6 cm³/mol. The van der Waals surface area contributed by atoms with Crippen LogP contribution in [0.25, 0.3) is 0 Å². The number of rotatable bonds is 4. The molecule has 90 valence electrons. The van der Waals surface area contributed by atoms with E-state index in [1.165, 1.54) is 10.5 Å². The number of thioether (sulfide) groups is 1. The van der Waals surface area contributed by atoms with Crippen molar-refractivity contribution in [3.63, 3.8) is 0 Å². The second-order valence-electron chi connectivity index (χ2n) is 3.78. The predicted octanol–water partition coefficient (Wildman–Crippen LogP) is 5.30. The molecule has 0 bridgehead atoms. The van der Waals surface area contributed by atoms with E-state index in [9.17, 15) is 0 Å². The lowest BCUT2D eigenvalue weighted by atomic mass is 10.1. The summed E-state index contributed by atoms with van der Waals surface area (Å²) >= 11 is 9.26. The molecule has 1 aromatic heterocycles. The fourth-order valence-corrected chi connectivity index (χ4v) is 2.96.